The van der Waals surface area contributed by atoms with Crippen molar-refractivity contribution in [2.75, 3.05) is 28.2 Å². The molecule has 2 aromatic rings. The van der Waals surface area contributed by atoms with E-state index in [2.05, 4.69) is 23.6 Å². The highest BCUT2D eigenvalue weighted by molar-refractivity contribution is 5.29. The van der Waals surface area contributed by atoms with Crippen molar-refractivity contribution in [2.24, 2.45) is 0 Å². The van der Waals surface area contributed by atoms with Crippen molar-refractivity contribution in [3.8, 4) is 11.5 Å². The van der Waals surface area contributed by atoms with Crippen LogP contribution in [0.1, 0.15) is 37.1 Å². The van der Waals surface area contributed by atoms with Gasteiger partial charge in [0.05, 0.1) is 0 Å². The highest BCUT2D eigenvalue weighted by Gasteiger charge is 2.07. The Hall–Kier alpha value is -2.04. The van der Waals surface area contributed by atoms with E-state index >= 15 is 0 Å². The fraction of sp³-hybridized carbons (Fsp3) is 0.400. The third kappa shape index (κ3) is 6.22. The molecule has 0 aromatic heterocycles. The molecule has 0 bridgehead atoms. The molecule has 0 fully saturated rings. The second kappa shape index (κ2) is 9.30. The van der Waals surface area contributed by atoms with Gasteiger partial charge in [-0.15, -0.1) is 0 Å². The van der Waals surface area contributed by atoms with Crippen LogP contribution in [-0.4, -0.2) is 48.2 Å². The van der Waals surface area contributed by atoms with Gasteiger partial charge in [-0.3, -0.25) is 0 Å². The van der Waals surface area contributed by atoms with Crippen LogP contribution < -0.4 is 0 Å². The summed E-state index contributed by atoms with van der Waals surface area (Å²) in [6.07, 6.45) is 0. The van der Waals surface area contributed by atoms with Crippen molar-refractivity contribution in [2.45, 2.75) is 25.9 Å². The van der Waals surface area contributed by atoms with Crippen LogP contribution in [0.4, 0.5) is 0 Å². The van der Waals surface area contributed by atoms with Crippen LogP contribution in [0.5, 0.6) is 11.5 Å². The van der Waals surface area contributed by atoms with Crippen molar-refractivity contribution in [3.63, 3.8) is 0 Å². The zero-order valence-electron chi connectivity index (χ0n) is 15.6. The molecule has 0 spiro atoms. The predicted molar refractivity (Wildman–Crippen MR) is 100 cm³/mol. The molecule has 0 aliphatic heterocycles. The van der Waals surface area contributed by atoms with Crippen molar-refractivity contribution in [1.82, 2.24) is 9.80 Å². The van der Waals surface area contributed by atoms with Gasteiger partial charge in [-0.1, -0.05) is 24.3 Å². The van der Waals surface area contributed by atoms with Crippen molar-refractivity contribution < 1.29 is 10.2 Å². The molecule has 0 unspecified atom stereocenters. The molecule has 0 aliphatic carbocycles. The van der Waals surface area contributed by atoms with Gasteiger partial charge in [0.1, 0.15) is 11.5 Å². The SMILES string of the molecule is C[C@@H](c1cccc(O)c1)N(C)C.C[C@@H](c1cccc(O)c1)N(C)C. The third-order valence-corrected chi connectivity index (χ3v) is 4.25. The average molecular weight is 330 g/mol. The lowest BCUT2D eigenvalue weighted by molar-refractivity contribution is 0.320. The molecule has 2 rings (SSSR count). The largest absolute Gasteiger partial charge is 0.508 e. The zero-order valence-corrected chi connectivity index (χ0v) is 15.6. The van der Waals surface area contributed by atoms with Crippen molar-refractivity contribution >= 4 is 0 Å². The average Bonchev–Trinajstić information content (AvgIpc) is 2.53. The molecule has 2 N–H and O–H groups in total. The molecule has 0 amide bonds. The number of aromatic hydroxyl groups is 2. The summed E-state index contributed by atoms with van der Waals surface area (Å²) < 4.78 is 0. The number of phenolic OH excluding ortho intramolecular Hbond substituents is 2. The second-order valence-electron chi connectivity index (χ2n) is 6.47. The summed E-state index contributed by atoms with van der Waals surface area (Å²) in [5, 5.41) is 18.5. The Kier molecular flexibility index (Phi) is 7.75. The standard InChI is InChI=1S/2C10H15NO/c2*1-8(11(2)3)9-5-4-6-10(12)7-9/h2*4-8,12H,1-3H3/t2*8-/m00/s1. The summed E-state index contributed by atoms with van der Waals surface area (Å²) in [4.78, 5) is 4.21. The molecule has 24 heavy (non-hydrogen) atoms. The summed E-state index contributed by atoms with van der Waals surface area (Å²) in [5.41, 5.74) is 2.28. The Balaban J connectivity index is 0.000000240. The number of hydrogen-bond donors (Lipinski definition) is 2. The van der Waals surface area contributed by atoms with Crippen LogP contribution in [0, 0.1) is 0 Å². The first-order valence-electron chi connectivity index (χ1n) is 8.13. The van der Waals surface area contributed by atoms with Crippen LogP contribution >= 0.6 is 0 Å². The Morgan fingerprint density at radius 1 is 0.667 bits per heavy atom. The maximum absolute atomic E-state index is 9.23. The fourth-order valence-corrected chi connectivity index (χ4v) is 2.17. The van der Waals surface area contributed by atoms with Gasteiger partial charge in [-0.05, 0) is 77.4 Å². The van der Waals surface area contributed by atoms with Gasteiger partial charge in [-0.2, -0.15) is 0 Å². The predicted octanol–water partition coefficient (Wildman–Crippen LogP) is 4.03. The van der Waals surface area contributed by atoms with Crippen LogP contribution in [0.15, 0.2) is 48.5 Å². The van der Waals surface area contributed by atoms with Gasteiger partial charge in [0, 0.05) is 12.1 Å². The Bertz CT molecular complexity index is 571. The molecule has 0 aliphatic rings. The quantitative estimate of drug-likeness (QED) is 0.888. The molecule has 4 nitrogen and oxygen atoms in total. The summed E-state index contributed by atoms with van der Waals surface area (Å²) >= 11 is 0. The van der Waals surface area contributed by atoms with E-state index in [1.165, 1.54) is 0 Å². The highest BCUT2D eigenvalue weighted by Crippen LogP contribution is 2.21. The van der Waals surface area contributed by atoms with Crippen LogP contribution in [0.2, 0.25) is 0 Å². The lowest BCUT2D eigenvalue weighted by Gasteiger charge is -2.19. The van der Waals surface area contributed by atoms with Crippen LogP contribution in [0.3, 0.4) is 0 Å². The topological polar surface area (TPSA) is 46.9 Å². The summed E-state index contributed by atoms with van der Waals surface area (Å²) in [6.45, 7) is 4.21. The molecule has 2 aromatic carbocycles. The molecule has 132 valence electrons. The number of nitrogens with zero attached hydrogens (tertiary/aromatic N) is 2. The van der Waals surface area contributed by atoms with Crippen molar-refractivity contribution in [3.05, 3.63) is 59.7 Å². The number of rotatable bonds is 4. The fourth-order valence-electron chi connectivity index (χ4n) is 2.17. The lowest BCUT2D eigenvalue weighted by atomic mass is 10.1. The summed E-state index contributed by atoms with van der Waals surface area (Å²) in [7, 11) is 8.09. The molecular formula is C20H30N2O2. The van der Waals surface area contributed by atoms with Gasteiger partial charge in [0.25, 0.3) is 0 Å². The number of benzene rings is 2. The van der Waals surface area contributed by atoms with E-state index in [1.807, 2.05) is 52.5 Å². The third-order valence-electron chi connectivity index (χ3n) is 4.25. The summed E-state index contributed by atoms with van der Waals surface area (Å²) in [5.74, 6) is 0.669. The van der Waals surface area contributed by atoms with Gasteiger partial charge >= 0.3 is 0 Å². The lowest BCUT2D eigenvalue weighted by Crippen LogP contribution is -2.16. The first-order valence-corrected chi connectivity index (χ1v) is 8.13. The van der Waals surface area contributed by atoms with Crippen LogP contribution in [0.25, 0.3) is 0 Å². The molecule has 2 atom stereocenters. The Morgan fingerprint density at radius 3 is 1.25 bits per heavy atom. The minimum atomic E-state index is 0.334. The first-order chi connectivity index (χ1) is 11.2. The summed E-state index contributed by atoms with van der Waals surface area (Å²) in [6, 6.07) is 15.4. The number of phenols is 2. The Labute approximate surface area is 146 Å². The molecule has 4 heteroatoms. The molecule has 0 saturated heterocycles. The van der Waals surface area contributed by atoms with E-state index in [0.717, 1.165) is 11.1 Å². The van der Waals surface area contributed by atoms with E-state index in [1.54, 1.807) is 24.3 Å². The van der Waals surface area contributed by atoms with Crippen molar-refractivity contribution in [1.29, 1.82) is 0 Å². The molecule has 0 saturated carbocycles. The minimum absolute atomic E-state index is 0.334. The van der Waals surface area contributed by atoms with Gasteiger partial charge < -0.3 is 20.0 Å². The second-order valence-corrected chi connectivity index (χ2v) is 6.47. The van der Waals surface area contributed by atoms with E-state index < -0.39 is 0 Å². The van der Waals surface area contributed by atoms with E-state index in [0.29, 0.717) is 23.6 Å². The van der Waals surface area contributed by atoms with Gasteiger partial charge in [-0.25, -0.2) is 0 Å². The molecular weight excluding hydrogens is 300 g/mol. The van der Waals surface area contributed by atoms with E-state index in [-0.39, 0.29) is 0 Å². The Morgan fingerprint density at radius 2 is 1.00 bits per heavy atom. The van der Waals surface area contributed by atoms with E-state index in [9.17, 15) is 10.2 Å². The minimum Gasteiger partial charge on any atom is -0.508 e. The highest BCUT2D eigenvalue weighted by atomic mass is 16.3. The zero-order chi connectivity index (χ0) is 18.3. The smallest absolute Gasteiger partial charge is 0.115 e. The van der Waals surface area contributed by atoms with Gasteiger partial charge in [0.2, 0.25) is 0 Å². The monoisotopic (exact) mass is 330 g/mol. The molecule has 0 heterocycles. The normalized spacial score (nSPS) is 13.3. The maximum atomic E-state index is 9.23. The van der Waals surface area contributed by atoms with Gasteiger partial charge in [0.15, 0.2) is 0 Å². The maximum Gasteiger partial charge on any atom is 0.115 e. The van der Waals surface area contributed by atoms with E-state index in [4.69, 9.17) is 0 Å². The number of hydrogen-bond acceptors (Lipinski definition) is 4. The van der Waals surface area contributed by atoms with Crippen LogP contribution in [-0.2, 0) is 0 Å². The first kappa shape index (κ1) is 20.0. The molecule has 0 radical (unpaired) electrons.